The van der Waals surface area contributed by atoms with Gasteiger partial charge in [0, 0.05) is 12.0 Å². The largest absolute Gasteiger partial charge is 0.494 e. The van der Waals surface area contributed by atoms with E-state index in [-0.39, 0.29) is 18.9 Å². The Morgan fingerprint density at radius 3 is 2.46 bits per heavy atom. The number of carbonyl (C=O) groups excluding carboxylic acids is 1. The molecule has 0 aliphatic carbocycles. The van der Waals surface area contributed by atoms with Crippen LogP contribution < -0.4 is 14.5 Å². The molecule has 0 aliphatic heterocycles. The summed E-state index contributed by atoms with van der Waals surface area (Å²) in [5.74, 6) is 1.07. The molecule has 0 bridgehead atoms. The average molecular weight is 357 g/mol. The van der Waals surface area contributed by atoms with Gasteiger partial charge in [0.1, 0.15) is 18.1 Å². The van der Waals surface area contributed by atoms with Crippen molar-refractivity contribution < 1.29 is 19.5 Å². The molecule has 140 valence electrons. The fraction of sp³-hybridized carbons (Fsp3) is 0.381. The zero-order valence-electron chi connectivity index (χ0n) is 15.9. The first kappa shape index (κ1) is 19.8. The van der Waals surface area contributed by atoms with E-state index in [1.165, 1.54) is 5.56 Å². The number of hydroxylamine groups is 1. The van der Waals surface area contributed by atoms with Crippen molar-refractivity contribution in [3.05, 3.63) is 53.1 Å². The van der Waals surface area contributed by atoms with Crippen LogP contribution in [0.4, 0.5) is 5.69 Å². The van der Waals surface area contributed by atoms with Gasteiger partial charge in [-0.25, -0.2) is 0 Å². The smallest absolute Gasteiger partial charge is 0.250 e. The van der Waals surface area contributed by atoms with Crippen LogP contribution in [0.2, 0.25) is 0 Å². The summed E-state index contributed by atoms with van der Waals surface area (Å²) in [5.41, 5.74) is 3.39. The molecule has 26 heavy (non-hydrogen) atoms. The van der Waals surface area contributed by atoms with Crippen molar-refractivity contribution in [2.45, 2.75) is 47.1 Å². The highest BCUT2D eigenvalue weighted by molar-refractivity contribution is 5.91. The van der Waals surface area contributed by atoms with Crippen molar-refractivity contribution in [3.63, 3.8) is 0 Å². The zero-order chi connectivity index (χ0) is 19.1. The van der Waals surface area contributed by atoms with Crippen LogP contribution in [0.15, 0.2) is 36.4 Å². The van der Waals surface area contributed by atoms with E-state index in [2.05, 4.69) is 13.0 Å². The fourth-order valence-electron chi connectivity index (χ4n) is 2.67. The average Bonchev–Trinajstić information content (AvgIpc) is 2.66. The summed E-state index contributed by atoms with van der Waals surface area (Å²) < 4.78 is 11.5. The van der Waals surface area contributed by atoms with Gasteiger partial charge >= 0.3 is 0 Å². The highest BCUT2D eigenvalue weighted by atomic mass is 16.5. The van der Waals surface area contributed by atoms with Gasteiger partial charge in [-0.2, -0.15) is 5.06 Å². The molecule has 1 N–H and O–H groups in total. The van der Waals surface area contributed by atoms with E-state index in [0.717, 1.165) is 17.7 Å². The Morgan fingerprint density at radius 2 is 1.85 bits per heavy atom. The quantitative estimate of drug-likeness (QED) is 0.551. The number of rotatable bonds is 8. The Labute approximate surface area is 155 Å². The second kappa shape index (κ2) is 9.25. The van der Waals surface area contributed by atoms with Gasteiger partial charge < -0.3 is 9.47 Å². The van der Waals surface area contributed by atoms with Crippen LogP contribution in [-0.4, -0.2) is 17.7 Å². The molecular weight excluding hydrogens is 330 g/mol. The summed E-state index contributed by atoms with van der Waals surface area (Å²) in [6.07, 6.45) is 1.18. The first-order valence-corrected chi connectivity index (χ1v) is 8.99. The topological polar surface area (TPSA) is 59.0 Å². The van der Waals surface area contributed by atoms with E-state index in [9.17, 15) is 10.0 Å². The third kappa shape index (κ3) is 4.76. The van der Waals surface area contributed by atoms with Gasteiger partial charge in [-0.15, -0.1) is 0 Å². The van der Waals surface area contributed by atoms with Crippen LogP contribution in [0.1, 0.15) is 43.9 Å². The SMILES string of the molecule is CCOc1ccc(N(O)C(=O)CC)c(COc2ccc(CC)cc2C)c1. The first-order chi connectivity index (χ1) is 12.5. The van der Waals surface area contributed by atoms with Gasteiger partial charge in [-0.1, -0.05) is 26.0 Å². The molecule has 0 unspecified atom stereocenters. The summed E-state index contributed by atoms with van der Waals surface area (Å²) in [4.78, 5) is 11.9. The standard InChI is InChI=1S/C21H27NO4/c1-5-16-8-11-20(15(4)12-16)26-14-17-13-18(25-7-3)9-10-19(17)22(24)21(23)6-2/h8-13,24H,5-7,14H2,1-4H3. The summed E-state index contributed by atoms with van der Waals surface area (Å²) in [5, 5.41) is 10.9. The zero-order valence-corrected chi connectivity index (χ0v) is 15.9. The van der Waals surface area contributed by atoms with E-state index >= 15 is 0 Å². The lowest BCUT2D eigenvalue weighted by Gasteiger charge is -2.20. The maximum atomic E-state index is 11.9. The van der Waals surface area contributed by atoms with E-state index in [4.69, 9.17) is 9.47 Å². The molecule has 0 aromatic heterocycles. The molecule has 0 aliphatic rings. The van der Waals surface area contributed by atoms with Crippen LogP contribution in [0.3, 0.4) is 0 Å². The molecule has 0 spiro atoms. The predicted molar refractivity (Wildman–Crippen MR) is 102 cm³/mol. The van der Waals surface area contributed by atoms with Crippen LogP contribution in [0.5, 0.6) is 11.5 Å². The van der Waals surface area contributed by atoms with Crippen LogP contribution in [0, 0.1) is 6.92 Å². The molecule has 0 fully saturated rings. The minimum absolute atomic E-state index is 0.210. The highest BCUT2D eigenvalue weighted by Gasteiger charge is 2.17. The molecule has 1 amide bonds. The summed E-state index contributed by atoms with van der Waals surface area (Å²) in [6.45, 7) is 8.48. The molecule has 5 heteroatoms. The molecule has 2 aromatic rings. The number of aryl methyl sites for hydroxylation is 2. The monoisotopic (exact) mass is 357 g/mol. The first-order valence-electron chi connectivity index (χ1n) is 8.99. The van der Waals surface area contributed by atoms with E-state index in [1.54, 1.807) is 25.1 Å². The summed E-state index contributed by atoms with van der Waals surface area (Å²) in [6, 6.07) is 11.3. The molecule has 0 atom stereocenters. The predicted octanol–water partition coefficient (Wildman–Crippen LogP) is 4.67. The summed E-state index contributed by atoms with van der Waals surface area (Å²) in [7, 11) is 0. The van der Waals surface area contributed by atoms with Crippen LogP contribution >= 0.6 is 0 Å². The Hall–Kier alpha value is -2.53. The van der Waals surface area contributed by atoms with Gasteiger partial charge in [0.25, 0.3) is 0 Å². The molecule has 0 radical (unpaired) electrons. The Bertz CT molecular complexity index is 758. The van der Waals surface area contributed by atoms with Gasteiger partial charge in [-0.3, -0.25) is 10.0 Å². The minimum Gasteiger partial charge on any atom is -0.494 e. The van der Waals surface area contributed by atoms with Crippen molar-refractivity contribution in [2.24, 2.45) is 0 Å². The minimum atomic E-state index is -0.376. The summed E-state index contributed by atoms with van der Waals surface area (Å²) >= 11 is 0. The Balaban J connectivity index is 2.27. The van der Waals surface area contributed by atoms with Gasteiger partial charge in [0.05, 0.1) is 12.3 Å². The number of amides is 1. The molecule has 0 saturated carbocycles. The normalized spacial score (nSPS) is 10.5. The van der Waals surface area contributed by atoms with E-state index in [0.29, 0.717) is 28.7 Å². The molecule has 5 nitrogen and oxygen atoms in total. The lowest BCUT2D eigenvalue weighted by molar-refractivity contribution is -0.123. The maximum Gasteiger partial charge on any atom is 0.250 e. The second-order valence-corrected chi connectivity index (χ2v) is 6.02. The van der Waals surface area contributed by atoms with Crippen molar-refractivity contribution in [1.29, 1.82) is 0 Å². The second-order valence-electron chi connectivity index (χ2n) is 6.02. The Kier molecular flexibility index (Phi) is 7.04. The van der Waals surface area contributed by atoms with Crippen molar-refractivity contribution in [1.82, 2.24) is 0 Å². The van der Waals surface area contributed by atoms with E-state index in [1.807, 2.05) is 26.0 Å². The number of carbonyl (C=O) groups is 1. The number of anilines is 1. The fourth-order valence-corrected chi connectivity index (χ4v) is 2.67. The van der Waals surface area contributed by atoms with Gasteiger partial charge in [0.15, 0.2) is 0 Å². The molecule has 0 heterocycles. The molecule has 0 saturated heterocycles. The van der Waals surface area contributed by atoms with Crippen molar-refractivity contribution in [3.8, 4) is 11.5 Å². The maximum absolute atomic E-state index is 11.9. The van der Waals surface area contributed by atoms with Crippen LogP contribution in [0.25, 0.3) is 0 Å². The third-order valence-electron chi connectivity index (χ3n) is 4.16. The molecule has 2 aromatic carbocycles. The van der Waals surface area contributed by atoms with Crippen LogP contribution in [-0.2, 0) is 17.8 Å². The van der Waals surface area contributed by atoms with Crippen molar-refractivity contribution >= 4 is 11.6 Å². The van der Waals surface area contributed by atoms with Crippen molar-refractivity contribution in [2.75, 3.05) is 11.7 Å². The highest BCUT2D eigenvalue weighted by Crippen LogP contribution is 2.28. The number of hydrogen-bond acceptors (Lipinski definition) is 4. The third-order valence-corrected chi connectivity index (χ3v) is 4.16. The lowest BCUT2D eigenvalue weighted by Crippen LogP contribution is -2.27. The number of ether oxygens (including phenoxy) is 2. The Morgan fingerprint density at radius 1 is 1.08 bits per heavy atom. The molecular formula is C21H27NO4. The van der Waals surface area contributed by atoms with E-state index < -0.39 is 0 Å². The number of hydrogen-bond donors (Lipinski definition) is 1. The lowest BCUT2D eigenvalue weighted by atomic mass is 10.1. The van der Waals surface area contributed by atoms with Gasteiger partial charge in [0.2, 0.25) is 5.91 Å². The van der Waals surface area contributed by atoms with Gasteiger partial charge in [-0.05, 0) is 55.7 Å². The molecule has 2 rings (SSSR count). The number of nitrogens with zero attached hydrogens (tertiary/aromatic N) is 1. The number of benzene rings is 2.